The van der Waals surface area contributed by atoms with Crippen LogP contribution in [0.4, 0.5) is 11.4 Å². The second kappa shape index (κ2) is 9.80. The number of benzene rings is 4. The van der Waals surface area contributed by atoms with Gasteiger partial charge in [-0.2, -0.15) is 5.10 Å². The Morgan fingerprint density at radius 3 is 2.32 bits per heavy atom. The molecule has 3 aliphatic carbocycles. The molecule has 3 amide bonds. The average molecular weight is 585 g/mol. The van der Waals surface area contributed by atoms with Gasteiger partial charge >= 0.3 is 0 Å². The van der Waals surface area contributed by atoms with E-state index in [4.69, 9.17) is 9.47 Å². The number of carbonyl (C=O) groups is 3. The van der Waals surface area contributed by atoms with Crippen molar-refractivity contribution in [2.75, 3.05) is 23.6 Å². The summed E-state index contributed by atoms with van der Waals surface area (Å²) in [5, 5.41) is 7.54. The molecule has 44 heavy (non-hydrogen) atoms. The van der Waals surface area contributed by atoms with Crippen molar-refractivity contribution in [2.45, 2.75) is 18.3 Å². The van der Waals surface area contributed by atoms with Crippen LogP contribution >= 0.6 is 0 Å². The van der Waals surface area contributed by atoms with E-state index in [2.05, 4.69) is 15.8 Å². The molecule has 2 bridgehead atoms. The zero-order valence-corrected chi connectivity index (χ0v) is 23.8. The smallest absolute Gasteiger partial charge is 0.259 e. The predicted octanol–water partition coefficient (Wildman–Crippen LogP) is 4.49. The molecule has 0 aromatic heterocycles. The number of anilines is 2. The molecule has 9 rings (SSSR count). The Balaban J connectivity index is 1.16. The summed E-state index contributed by atoms with van der Waals surface area (Å²) in [5.74, 6) is -1.17. The molecule has 4 aromatic rings. The summed E-state index contributed by atoms with van der Waals surface area (Å²) < 4.78 is 10.8. The lowest BCUT2D eigenvalue weighted by atomic mass is 9.47. The number of fused-ring (bicyclic) bond motifs is 1. The molecular weight excluding hydrogens is 556 g/mol. The number of hydrazone groups is 1. The molecule has 0 saturated carbocycles. The number of hydrogen-bond acceptors (Lipinski definition) is 7. The highest BCUT2D eigenvalue weighted by Crippen LogP contribution is 2.63. The third-order valence-electron chi connectivity index (χ3n) is 9.26. The van der Waals surface area contributed by atoms with Crippen molar-refractivity contribution in [3.63, 3.8) is 0 Å². The minimum atomic E-state index is -1.06. The normalized spacial score (nSPS) is 23.8. The highest BCUT2D eigenvalue weighted by atomic mass is 16.7. The van der Waals surface area contributed by atoms with Gasteiger partial charge in [-0.05, 0) is 53.4 Å². The van der Waals surface area contributed by atoms with Gasteiger partial charge in [0.05, 0.1) is 29.5 Å². The van der Waals surface area contributed by atoms with Gasteiger partial charge in [-0.25, -0.2) is 10.3 Å². The molecule has 4 aromatic carbocycles. The Kier molecular flexibility index (Phi) is 5.84. The Morgan fingerprint density at radius 2 is 1.59 bits per heavy atom. The zero-order chi connectivity index (χ0) is 30.0. The molecule has 0 unspecified atom stereocenters. The highest BCUT2D eigenvalue weighted by Gasteiger charge is 2.68. The van der Waals surface area contributed by atoms with E-state index in [0.29, 0.717) is 22.9 Å². The number of carbonyl (C=O) groups excluding carboxylic acids is 3. The minimum absolute atomic E-state index is 0.0378. The molecule has 2 aliphatic heterocycles. The van der Waals surface area contributed by atoms with Crippen molar-refractivity contribution < 1.29 is 23.9 Å². The highest BCUT2D eigenvalue weighted by molar-refractivity contribution is 6.25. The van der Waals surface area contributed by atoms with Gasteiger partial charge in [0.15, 0.2) is 11.5 Å². The van der Waals surface area contributed by atoms with Crippen LogP contribution in [-0.4, -0.2) is 37.3 Å². The van der Waals surface area contributed by atoms with Crippen LogP contribution in [0.15, 0.2) is 96.1 Å². The van der Waals surface area contributed by atoms with Crippen LogP contribution < -0.4 is 25.1 Å². The number of aryl methyl sites for hydroxylation is 1. The van der Waals surface area contributed by atoms with Crippen molar-refractivity contribution in [3.8, 4) is 11.5 Å². The minimum Gasteiger partial charge on any atom is -0.454 e. The van der Waals surface area contributed by atoms with Crippen LogP contribution in [0.3, 0.4) is 0 Å². The Bertz CT molecular complexity index is 1840. The standard InChI is InChI=1S/C35H28N4O5/c1-20-10-13-22(14-11-20)39-33(41)31-30-23-6-2-4-8-25(23)35(32(31)34(39)42,26-9-5-3-7-24(26)30)18-37-38-29(40)17-36-21-12-15-27-28(16-21)44-19-43-27/h2-16,18,30-32,36H,17,19H2,1H3,(H,38,40)/b37-18+/t30?,31-,32-,35?/m0/s1. The van der Waals surface area contributed by atoms with E-state index >= 15 is 0 Å². The SMILES string of the molecule is Cc1ccc(N2C(=O)[C@@H]3[C@@H](C2=O)C2c4ccccc4C3(/C=N/NC(=O)CNc3ccc4c(c3)OCO4)c3ccccc32)cc1. The quantitative estimate of drug-likeness (QED) is 0.196. The molecule has 0 spiro atoms. The summed E-state index contributed by atoms with van der Waals surface area (Å²) >= 11 is 0. The first-order valence-corrected chi connectivity index (χ1v) is 14.6. The predicted molar refractivity (Wildman–Crippen MR) is 164 cm³/mol. The molecule has 9 nitrogen and oxygen atoms in total. The topological polar surface area (TPSA) is 109 Å². The number of nitrogens with zero attached hydrogens (tertiary/aromatic N) is 2. The summed E-state index contributed by atoms with van der Waals surface area (Å²) in [5.41, 5.74) is 7.74. The first kappa shape index (κ1) is 26.2. The van der Waals surface area contributed by atoms with Crippen molar-refractivity contribution in [3.05, 3.63) is 119 Å². The van der Waals surface area contributed by atoms with Crippen LogP contribution in [0.1, 0.15) is 33.7 Å². The fourth-order valence-corrected chi connectivity index (χ4v) is 7.43. The van der Waals surface area contributed by atoms with Gasteiger partial charge in [-0.15, -0.1) is 0 Å². The van der Waals surface area contributed by atoms with Crippen LogP contribution in [0.25, 0.3) is 0 Å². The van der Waals surface area contributed by atoms with E-state index < -0.39 is 17.3 Å². The molecule has 2 N–H and O–H groups in total. The van der Waals surface area contributed by atoms with Crippen LogP contribution in [0.5, 0.6) is 11.5 Å². The lowest BCUT2D eigenvalue weighted by molar-refractivity contribution is -0.122. The largest absolute Gasteiger partial charge is 0.454 e. The van der Waals surface area contributed by atoms with Gasteiger partial charge in [-0.1, -0.05) is 66.2 Å². The summed E-state index contributed by atoms with van der Waals surface area (Å²) in [6, 6.07) is 28.7. The molecule has 218 valence electrons. The first-order chi connectivity index (χ1) is 21.5. The van der Waals surface area contributed by atoms with Crippen LogP contribution in [-0.2, 0) is 19.8 Å². The maximum Gasteiger partial charge on any atom is 0.259 e. The van der Waals surface area contributed by atoms with Crippen LogP contribution in [0.2, 0.25) is 0 Å². The molecule has 2 heterocycles. The van der Waals surface area contributed by atoms with E-state index in [9.17, 15) is 14.4 Å². The first-order valence-electron chi connectivity index (χ1n) is 14.6. The second-order valence-corrected chi connectivity index (χ2v) is 11.6. The monoisotopic (exact) mass is 584 g/mol. The maximum atomic E-state index is 14.4. The van der Waals surface area contributed by atoms with Gasteiger partial charge in [0.2, 0.25) is 18.6 Å². The lowest BCUT2D eigenvalue weighted by Gasteiger charge is -2.52. The van der Waals surface area contributed by atoms with Gasteiger partial charge in [-0.3, -0.25) is 14.4 Å². The van der Waals surface area contributed by atoms with Crippen molar-refractivity contribution in [1.82, 2.24) is 5.43 Å². The summed E-state index contributed by atoms with van der Waals surface area (Å²) in [6.45, 7) is 2.10. The van der Waals surface area contributed by atoms with Gasteiger partial charge in [0.1, 0.15) is 0 Å². The van der Waals surface area contributed by atoms with Gasteiger partial charge in [0.25, 0.3) is 5.91 Å². The number of amides is 3. The summed E-state index contributed by atoms with van der Waals surface area (Å²) in [6.07, 6.45) is 1.67. The second-order valence-electron chi connectivity index (χ2n) is 11.6. The van der Waals surface area contributed by atoms with Crippen molar-refractivity contribution >= 4 is 35.3 Å². The Labute approximate surface area is 253 Å². The summed E-state index contributed by atoms with van der Waals surface area (Å²) in [4.78, 5) is 42.9. The third-order valence-corrected chi connectivity index (χ3v) is 9.26. The fourth-order valence-electron chi connectivity index (χ4n) is 7.43. The molecule has 0 radical (unpaired) electrons. The van der Waals surface area contributed by atoms with E-state index in [-0.39, 0.29) is 37.0 Å². The van der Waals surface area contributed by atoms with Gasteiger partial charge in [0, 0.05) is 23.9 Å². The summed E-state index contributed by atoms with van der Waals surface area (Å²) in [7, 11) is 0. The number of hydrogen-bond donors (Lipinski definition) is 2. The number of imide groups is 1. The molecule has 5 aliphatic rings. The van der Waals surface area contributed by atoms with E-state index in [1.54, 1.807) is 24.4 Å². The lowest BCUT2D eigenvalue weighted by Crippen LogP contribution is -2.54. The zero-order valence-electron chi connectivity index (χ0n) is 23.8. The molecule has 1 saturated heterocycles. The average Bonchev–Trinajstić information content (AvgIpc) is 3.62. The van der Waals surface area contributed by atoms with E-state index in [1.807, 2.05) is 79.7 Å². The van der Waals surface area contributed by atoms with Crippen molar-refractivity contribution in [2.24, 2.45) is 16.9 Å². The number of ether oxygens (including phenoxy) is 2. The molecular formula is C35H28N4O5. The fraction of sp³-hybridized carbons (Fsp3) is 0.200. The molecule has 9 heteroatoms. The van der Waals surface area contributed by atoms with Crippen LogP contribution in [0, 0.1) is 18.8 Å². The third kappa shape index (κ3) is 3.71. The van der Waals surface area contributed by atoms with E-state index in [0.717, 1.165) is 27.8 Å². The van der Waals surface area contributed by atoms with E-state index in [1.165, 1.54) is 4.90 Å². The molecule has 1 fully saturated rings. The number of nitrogens with one attached hydrogen (secondary N) is 2. The Morgan fingerprint density at radius 1 is 0.909 bits per heavy atom. The number of rotatable bonds is 6. The molecule has 2 atom stereocenters. The Hall–Kier alpha value is -5.44. The van der Waals surface area contributed by atoms with Crippen molar-refractivity contribution in [1.29, 1.82) is 0 Å². The van der Waals surface area contributed by atoms with Gasteiger partial charge < -0.3 is 14.8 Å². The maximum absolute atomic E-state index is 14.4.